The average molecular weight is 265 g/mol. The lowest BCUT2D eigenvalue weighted by atomic mass is 9.96. The monoisotopic (exact) mass is 265 g/mol. The van der Waals surface area contributed by atoms with Gasteiger partial charge in [-0.1, -0.05) is 6.92 Å². The molecule has 1 atom stereocenters. The van der Waals surface area contributed by atoms with Gasteiger partial charge in [0, 0.05) is 11.5 Å². The Balaban J connectivity index is 2.67. The number of amides is 1. The first-order chi connectivity index (χ1) is 8.90. The van der Waals surface area contributed by atoms with Gasteiger partial charge in [0.2, 0.25) is 0 Å². The maximum Gasteiger partial charge on any atom is 0.304 e. The van der Waals surface area contributed by atoms with Crippen molar-refractivity contribution < 1.29 is 24.2 Å². The van der Waals surface area contributed by atoms with E-state index in [1.165, 1.54) is 24.3 Å². The number of carboxylic acids is 1. The van der Waals surface area contributed by atoms with Crippen LogP contribution >= 0.6 is 0 Å². The Labute approximate surface area is 110 Å². The first-order valence-corrected chi connectivity index (χ1v) is 5.67. The van der Waals surface area contributed by atoms with Gasteiger partial charge in [0.25, 0.3) is 5.91 Å². The molecule has 0 aliphatic rings. The highest BCUT2D eigenvalue weighted by Gasteiger charge is 2.18. The molecule has 0 spiro atoms. The second-order valence-electron chi connectivity index (χ2n) is 4.14. The number of nitrogens with two attached hydrogens (primary N) is 1. The fourth-order valence-electron chi connectivity index (χ4n) is 1.51. The van der Waals surface area contributed by atoms with Crippen molar-refractivity contribution in [3.63, 3.8) is 0 Å². The van der Waals surface area contributed by atoms with Gasteiger partial charge in [0.1, 0.15) is 5.75 Å². The number of carbonyl (C=O) groups excluding carboxylic acids is 2. The highest BCUT2D eigenvalue weighted by atomic mass is 16.5. The molecule has 0 heterocycles. The van der Waals surface area contributed by atoms with E-state index in [1.807, 2.05) is 0 Å². The lowest BCUT2D eigenvalue weighted by Gasteiger charge is -2.08. The fraction of sp³-hybridized carbons (Fsp3) is 0.308. The number of ether oxygens (including phenoxy) is 1. The van der Waals surface area contributed by atoms with Crippen molar-refractivity contribution >= 4 is 17.7 Å². The van der Waals surface area contributed by atoms with Gasteiger partial charge in [-0.25, -0.2) is 0 Å². The Morgan fingerprint density at radius 3 is 2.32 bits per heavy atom. The summed E-state index contributed by atoms with van der Waals surface area (Å²) in [5, 5.41) is 8.63. The van der Waals surface area contributed by atoms with Crippen molar-refractivity contribution in [3.8, 4) is 5.75 Å². The van der Waals surface area contributed by atoms with Crippen molar-refractivity contribution in [1.29, 1.82) is 0 Å². The van der Waals surface area contributed by atoms with Gasteiger partial charge in [-0.05, 0) is 24.3 Å². The number of benzene rings is 1. The number of ketones is 1. The van der Waals surface area contributed by atoms with Crippen LogP contribution in [0.5, 0.6) is 5.75 Å². The number of aliphatic carboxylic acids is 1. The minimum absolute atomic E-state index is 0.210. The molecule has 0 aliphatic heterocycles. The van der Waals surface area contributed by atoms with Gasteiger partial charge in [0.15, 0.2) is 12.4 Å². The van der Waals surface area contributed by atoms with E-state index in [9.17, 15) is 14.4 Å². The van der Waals surface area contributed by atoms with Crippen molar-refractivity contribution in [2.75, 3.05) is 6.61 Å². The summed E-state index contributed by atoms with van der Waals surface area (Å²) in [5.41, 5.74) is 5.33. The highest BCUT2D eigenvalue weighted by Crippen LogP contribution is 2.16. The van der Waals surface area contributed by atoms with Crippen LogP contribution in [0.4, 0.5) is 0 Å². The summed E-state index contributed by atoms with van der Waals surface area (Å²) in [5.74, 6) is -2.02. The third-order valence-electron chi connectivity index (χ3n) is 2.45. The Kier molecular flexibility index (Phi) is 5.05. The van der Waals surface area contributed by atoms with Crippen LogP contribution < -0.4 is 10.5 Å². The Hall–Kier alpha value is -2.37. The second kappa shape index (κ2) is 6.53. The summed E-state index contributed by atoms with van der Waals surface area (Å²) in [4.78, 5) is 32.9. The summed E-state index contributed by atoms with van der Waals surface area (Å²) in [6, 6.07) is 6.11. The molecule has 6 nitrogen and oxygen atoms in total. The quantitative estimate of drug-likeness (QED) is 0.710. The summed E-state index contributed by atoms with van der Waals surface area (Å²) < 4.78 is 5.05. The molecule has 0 aromatic heterocycles. The third kappa shape index (κ3) is 4.79. The predicted molar refractivity (Wildman–Crippen MR) is 66.9 cm³/mol. The van der Waals surface area contributed by atoms with Crippen molar-refractivity contribution in [1.82, 2.24) is 0 Å². The molecule has 0 radical (unpaired) electrons. The normalized spacial score (nSPS) is 11.6. The van der Waals surface area contributed by atoms with Crippen molar-refractivity contribution in [2.24, 2.45) is 11.7 Å². The van der Waals surface area contributed by atoms with Crippen LogP contribution in [0.25, 0.3) is 0 Å². The molecule has 0 bridgehead atoms. The fourth-order valence-corrected chi connectivity index (χ4v) is 1.51. The number of hydrogen-bond donors (Lipinski definition) is 2. The zero-order valence-electron chi connectivity index (χ0n) is 10.5. The molecule has 1 aromatic rings. The summed E-state index contributed by atoms with van der Waals surface area (Å²) in [6.07, 6.45) is -0.210. The Morgan fingerprint density at radius 1 is 1.26 bits per heavy atom. The summed E-state index contributed by atoms with van der Waals surface area (Å²) >= 11 is 0. The minimum Gasteiger partial charge on any atom is -0.484 e. The molecule has 3 N–H and O–H groups in total. The van der Waals surface area contributed by atoms with Crippen LogP contribution in [0.3, 0.4) is 0 Å². The molecule has 0 aliphatic carbocycles. The minimum atomic E-state index is -1.01. The SMILES string of the molecule is CC(CC(=O)O)C(=O)c1ccc(OCC(N)=O)cc1. The smallest absolute Gasteiger partial charge is 0.304 e. The van der Waals surface area contributed by atoms with Gasteiger partial charge in [-0.3, -0.25) is 14.4 Å². The first-order valence-electron chi connectivity index (χ1n) is 5.67. The summed E-state index contributed by atoms with van der Waals surface area (Å²) in [7, 11) is 0. The van der Waals surface area contributed by atoms with E-state index in [0.29, 0.717) is 11.3 Å². The van der Waals surface area contributed by atoms with Gasteiger partial charge < -0.3 is 15.6 Å². The molecule has 1 unspecified atom stereocenters. The first kappa shape index (κ1) is 14.7. The number of hydrogen-bond acceptors (Lipinski definition) is 4. The Bertz CT molecular complexity index is 480. The zero-order valence-corrected chi connectivity index (χ0v) is 10.5. The maximum atomic E-state index is 11.9. The molecule has 1 amide bonds. The predicted octanol–water partition coefficient (Wildman–Crippen LogP) is 0.844. The lowest BCUT2D eigenvalue weighted by molar-refractivity contribution is -0.137. The van der Waals surface area contributed by atoms with Crippen LogP contribution in [0.15, 0.2) is 24.3 Å². The van der Waals surface area contributed by atoms with Crippen LogP contribution in [0.2, 0.25) is 0 Å². The van der Waals surface area contributed by atoms with Gasteiger partial charge in [0.05, 0.1) is 6.42 Å². The number of carbonyl (C=O) groups is 3. The molecule has 0 fully saturated rings. The number of primary amides is 1. The molecular formula is C13H15NO5. The standard InChI is InChI=1S/C13H15NO5/c1-8(6-12(16)17)13(18)9-2-4-10(5-3-9)19-7-11(14)15/h2-5,8H,6-7H2,1H3,(H2,14,15)(H,16,17). The van der Waals surface area contributed by atoms with E-state index >= 15 is 0 Å². The molecular weight excluding hydrogens is 250 g/mol. The number of Topliss-reactive ketones (excluding diaryl/α,β-unsaturated/α-hetero) is 1. The second-order valence-corrected chi connectivity index (χ2v) is 4.14. The van der Waals surface area contributed by atoms with Gasteiger partial charge >= 0.3 is 5.97 Å². The molecule has 19 heavy (non-hydrogen) atoms. The Morgan fingerprint density at radius 2 is 1.84 bits per heavy atom. The topological polar surface area (TPSA) is 107 Å². The molecule has 0 saturated carbocycles. The van der Waals surface area contributed by atoms with E-state index < -0.39 is 17.8 Å². The highest BCUT2D eigenvalue weighted by molar-refractivity contribution is 5.99. The van der Waals surface area contributed by atoms with Crippen LogP contribution in [0, 0.1) is 5.92 Å². The maximum absolute atomic E-state index is 11.9. The van der Waals surface area contributed by atoms with E-state index in [0.717, 1.165) is 0 Å². The van der Waals surface area contributed by atoms with Crippen molar-refractivity contribution in [3.05, 3.63) is 29.8 Å². The average Bonchev–Trinajstić information content (AvgIpc) is 2.35. The lowest BCUT2D eigenvalue weighted by Crippen LogP contribution is -2.20. The van der Waals surface area contributed by atoms with Gasteiger partial charge in [-0.15, -0.1) is 0 Å². The van der Waals surface area contributed by atoms with Crippen LogP contribution in [0.1, 0.15) is 23.7 Å². The summed E-state index contributed by atoms with van der Waals surface area (Å²) in [6.45, 7) is 1.33. The van der Waals surface area contributed by atoms with Gasteiger partial charge in [-0.2, -0.15) is 0 Å². The largest absolute Gasteiger partial charge is 0.484 e. The molecule has 0 saturated heterocycles. The van der Waals surface area contributed by atoms with Crippen LogP contribution in [-0.2, 0) is 9.59 Å². The third-order valence-corrected chi connectivity index (χ3v) is 2.45. The van der Waals surface area contributed by atoms with E-state index in [1.54, 1.807) is 6.92 Å². The molecule has 102 valence electrons. The molecule has 1 aromatic carbocycles. The van der Waals surface area contributed by atoms with E-state index in [2.05, 4.69) is 0 Å². The van der Waals surface area contributed by atoms with Crippen LogP contribution in [-0.4, -0.2) is 29.4 Å². The molecule has 6 heteroatoms. The van der Waals surface area contributed by atoms with E-state index in [-0.39, 0.29) is 18.8 Å². The van der Waals surface area contributed by atoms with E-state index in [4.69, 9.17) is 15.6 Å². The zero-order chi connectivity index (χ0) is 14.4. The van der Waals surface area contributed by atoms with Crippen molar-refractivity contribution in [2.45, 2.75) is 13.3 Å². The molecule has 1 rings (SSSR count). The number of carboxylic acid groups (broad SMARTS) is 1. The number of rotatable bonds is 7.